The third-order valence-corrected chi connectivity index (χ3v) is 1.90. The number of hydrogen-bond donors (Lipinski definition) is 4. The summed E-state index contributed by atoms with van der Waals surface area (Å²) in [6.45, 7) is -0.448. The number of carbonyl (C=O) groups is 3. The summed E-state index contributed by atoms with van der Waals surface area (Å²) in [5.41, 5.74) is 5.24. The Balaban J connectivity index is 2.56. The zero-order chi connectivity index (χ0) is 13.5. The number of amides is 2. The van der Waals surface area contributed by atoms with E-state index in [1.165, 1.54) is 12.3 Å². The molecular weight excluding hydrogens is 240 g/mol. The van der Waals surface area contributed by atoms with Gasteiger partial charge in [-0.25, -0.2) is 4.79 Å². The molecule has 5 N–H and O–H groups in total. The topological polar surface area (TPSA) is 134 Å². The first-order valence-electron chi connectivity index (χ1n) is 4.98. The number of nitrogens with two attached hydrogens (primary N) is 1. The lowest BCUT2D eigenvalue weighted by atomic mass is 10.2. The first-order valence-corrected chi connectivity index (χ1v) is 4.98. The van der Waals surface area contributed by atoms with Crippen molar-refractivity contribution >= 4 is 23.5 Å². The fraction of sp³-hybridized carbons (Fsp3) is 0.200. The van der Waals surface area contributed by atoms with Crippen molar-refractivity contribution < 1.29 is 19.5 Å². The van der Waals surface area contributed by atoms with Gasteiger partial charge in [-0.2, -0.15) is 0 Å². The number of aromatic carboxylic acids is 1. The molecule has 0 saturated carbocycles. The van der Waals surface area contributed by atoms with Gasteiger partial charge in [0.1, 0.15) is 0 Å². The first kappa shape index (κ1) is 13.6. The van der Waals surface area contributed by atoms with E-state index in [1.807, 2.05) is 0 Å². The summed E-state index contributed by atoms with van der Waals surface area (Å²) >= 11 is 0. The maximum Gasteiger partial charge on any atom is 0.337 e. The smallest absolute Gasteiger partial charge is 0.337 e. The Morgan fingerprint density at radius 1 is 1.28 bits per heavy atom. The molecule has 8 nitrogen and oxygen atoms in total. The van der Waals surface area contributed by atoms with Crippen LogP contribution >= 0.6 is 0 Å². The van der Waals surface area contributed by atoms with E-state index in [2.05, 4.69) is 15.6 Å². The highest BCUT2D eigenvalue weighted by Crippen LogP contribution is 2.07. The fourth-order valence-electron chi connectivity index (χ4n) is 1.08. The van der Waals surface area contributed by atoms with Crippen molar-refractivity contribution in [3.63, 3.8) is 0 Å². The molecular formula is C10H12N4O4. The molecule has 18 heavy (non-hydrogen) atoms. The standard InChI is InChI=1S/C10H12N4O4/c11-2-8(15)13-5-9(16)14-7-1-6(10(17)18)3-12-4-7/h1,3-4H,2,5,11H2,(H,13,15)(H,14,16)(H,17,18). The molecule has 0 fully saturated rings. The highest BCUT2D eigenvalue weighted by Gasteiger charge is 2.07. The Hall–Kier alpha value is -2.48. The van der Waals surface area contributed by atoms with Crippen LogP contribution in [0.4, 0.5) is 5.69 Å². The van der Waals surface area contributed by atoms with Gasteiger partial charge < -0.3 is 21.5 Å². The second-order valence-corrected chi connectivity index (χ2v) is 3.30. The molecule has 8 heteroatoms. The zero-order valence-electron chi connectivity index (χ0n) is 9.34. The first-order chi connectivity index (χ1) is 8.52. The number of nitrogens with one attached hydrogen (secondary N) is 2. The van der Waals surface area contributed by atoms with Gasteiger partial charge in [-0.05, 0) is 6.07 Å². The number of nitrogens with zero attached hydrogens (tertiary/aromatic N) is 1. The fourth-order valence-corrected chi connectivity index (χ4v) is 1.08. The minimum absolute atomic E-state index is 0.0428. The average Bonchev–Trinajstić information content (AvgIpc) is 2.36. The van der Waals surface area contributed by atoms with Crippen LogP contribution in [0.5, 0.6) is 0 Å². The molecule has 0 aliphatic rings. The van der Waals surface area contributed by atoms with Crippen LogP contribution in [-0.4, -0.2) is 41.0 Å². The molecule has 0 bridgehead atoms. The Kier molecular flexibility index (Phi) is 4.76. The molecule has 96 valence electrons. The lowest BCUT2D eigenvalue weighted by molar-refractivity contribution is -0.123. The highest BCUT2D eigenvalue weighted by molar-refractivity contribution is 5.96. The van der Waals surface area contributed by atoms with Gasteiger partial charge in [-0.15, -0.1) is 0 Å². The van der Waals surface area contributed by atoms with Gasteiger partial charge >= 0.3 is 5.97 Å². The van der Waals surface area contributed by atoms with Crippen molar-refractivity contribution in [3.05, 3.63) is 24.0 Å². The van der Waals surface area contributed by atoms with Gasteiger partial charge in [0.25, 0.3) is 0 Å². The number of anilines is 1. The van der Waals surface area contributed by atoms with E-state index in [1.54, 1.807) is 0 Å². The molecule has 0 radical (unpaired) electrons. The molecule has 2 amide bonds. The second-order valence-electron chi connectivity index (χ2n) is 3.30. The van der Waals surface area contributed by atoms with Crippen LogP contribution in [-0.2, 0) is 9.59 Å². The van der Waals surface area contributed by atoms with Gasteiger partial charge in [0.2, 0.25) is 11.8 Å². The number of carbonyl (C=O) groups excluding carboxylic acids is 2. The van der Waals surface area contributed by atoms with Crippen LogP contribution in [0.3, 0.4) is 0 Å². The van der Waals surface area contributed by atoms with Crippen LogP contribution in [0.2, 0.25) is 0 Å². The average molecular weight is 252 g/mol. The minimum atomic E-state index is -1.14. The number of hydrogen-bond acceptors (Lipinski definition) is 5. The molecule has 1 aromatic rings. The molecule has 0 aromatic carbocycles. The van der Waals surface area contributed by atoms with E-state index in [9.17, 15) is 14.4 Å². The van der Waals surface area contributed by atoms with Crippen LogP contribution in [0.15, 0.2) is 18.5 Å². The monoisotopic (exact) mass is 252 g/mol. The van der Waals surface area contributed by atoms with Crippen molar-refractivity contribution in [1.29, 1.82) is 0 Å². The molecule has 1 aromatic heterocycles. The maximum absolute atomic E-state index is 11.4. The van der Waals surface area contributed by atoms with Gasteiger partial charge in [0.15, 0.2) is 0 Å². The Labute approximate surface area is 102 Å². The molecule has 1 heterocycles. The second kappa shape index (κ2) is 6.30. The maximum atomic E-state index is 11.4. The molecule has 1 rings (SSSR count). The molecule has 0 atom stereocenters. The molecule has 0 aliphatic carbocycles. The number of pyridine rings is 1. The van der Waals surface area contributed by atoms with E-state index >= 15 is 0 Å². The summed E-state index contributed by atoms with van der Waals surface area (Å²) < 4.78 is 0. The molecule has 0 saturated heterocycles. The van der Waals surface area contributed by atoms with E-state index in [-0.39, 0.29) is 24.3 Å². The van der Waals surface area contributed by atoms with Crippen molar-refractivity contribution in [2.24, 2.45) is 5.73 Å². The van der Waals surface area contributed by atoms with E-state index in [0.29, 0.717) is 0 Å². The summed E-state index contributed by atoms with van der Waals surface area (Å²) in [6.07, 6.45) is 2.46. The van der Waals surface area contributed by atoms with Gasteiger partial charge in [0.05, 0.1) is 30.5 Å². The molecule has 0 unspecified atom stereocenters. The van der Waals surface area contributed by atoms with E-state index < -0.39 is 17.8 Å². The predicted molar refractivity (Wildman–Crippen MR) is 61.9 cm³/mol. The number of rotatable bonds is 5. The number of carboxylic acids is 1. The Bertz CT molecular complexity index is 475. The minimum Gasteiger partial charge on any atom is -0.478 e. The SMILES string of the molecule is NCC(=O)NCC(=O)Nc1cncc(C(=O)O)c1. The van der Waals surface area contributed by atoms with Crippen molar-refractivity contribution in [2.45, 2.75) is 0 Å². The van der Waals surface area contributed by atoms with E-state index in [4.69, 9.17) is 10.8 Å². The van der Waals surface area contributed by atoms with Gasteiger partial charge in [-0.3, -0.25) is 14.6 Å². The summed E-state index contributed by atoms with van der Waals surface area (Å²) in [4.78, 5) is 36.5. The normalized spacial score (nSPS) is 9.61. The number of aromatic nitrogens is 1. The van der Waals surface area contributed by atoms with Crippen molar-refractivity contribution in [3.8, 4) is 0 Å². The van der Waals surface area contributed by atoms with Crippen LogP contribution in [0.1, 0.15) is 10.4 Å². The van der Waals surface area contributed by atoms with Crippen LogP contribution in [0, 0.1) is 0 Å². The van der Waals surface area contributed by atoms with Crippen molar-refractivity contribution in [2.75, 3.05) is 18.4 Å². The van der Waals surface area contributed by atoms with E-state index in [0.717, 1.165) is 6.20 Å². The van der Waals surface area contributed by atoms with Crippen molar-refractivity contribution in [1.82, 2.24) is 10.3 Å². The quantitative estimate of drug-likeness (QED) is 0.519. The molecule has 0 spiro atoms. The van der Waals surface area contributed by atoms with Gasteiger partial charge in [-0.1, -0.05) is 0 Å². The predicted octanol–water partition coefficient (Wildman–Crippen LogP) is -1.21. The lowest BCUT2D eigenvalue weighted by Gasteiger charge is -2.06. The summed E-state index contributed by atoms with van der Waals surface area (Å²) in [5, 5.41) is 13.4. The van der Waals surface area contributed by atoms with Gasteiger partial charge in [0, 0.05) is 6.20 Å². The van der Waals surface area contributed by atoms with Crippen LogP contribution in [0.25, 0.3) is 0 Å². The Morgan fingerprint density at radius 3 is 2.61 bits per heavy atom. The summed E-state index contributed by atoms with van der Waals surface area (Å²) in [6, 6.07) is 1.26. The molecule has 0 aliphatic heterocycles. The third kappa shape index (κ3) is 4.18. The summed E-state index contributed by atoms with van der Waals surface area (Å²) in [7, 11) is 0. The summed E-state index contributed by atoms with van der Waals surface area (Å²) in [5.74, 6) is -2.10. The highest BCUT2D eigenvalue weighted by atomic mass is 16.4. The third-order valence-electron chi connectivity index (χ3n) is 1.90. The Morgan fingerprint density at radius 2 is 2.00 bits per heavy atom. The lowest BCUT2D eigenvalue weighted by Crippen LogP contribution is -2.36. The zero-order valence-corrected chi connectivity index (χ0v) is 9.34. The number of carboxylic acid groups (broad SMARTS) is 1. The van der Waals surface area contributed by atoms with Crippen LogP contribution < -0.4 is 16.4 Å². The largest absolute Gasteiger partial charge is 0.478 e.